The van der Waals surface area contributed by atoms with Crippen LogP contribution in [0.1, 0.15) is 12.8 Å². The lowest BCUT2D eigenvalue weighted by atomic mass is 10.2. The van der Waals surface area contributed by atoms with Gasteiger partial charge in [-0.15, -0.1) is 13.2 Å². The third-order valence-electron chi connectivity index (χ3n) is 2.16. The summed E-state index contributed by atoms with van der Waals surface area (Å²) < 4.78 is 39.5. The molecule has 0 saturated heterocycles. The molecular formula is C11H14F3N3O2. The van der Waals surface area contributed by atoms with Gasteiger partial charge in [0.1, 0.15) is 11.6 Å². The highest BCUT2D eigenvalue weighted by Crippen LogP contribution is 2.23. The van der Waals surface area contributed by atoms with Gasteiger partial charge in [0.2, 0.25) is 0 Å². The van der Waals surface area contributed by atoms with Gasteiger partial charge in [0.15, 0.2) is 0 Å². The van der Waals surface area contributed by atoms with E-state index in [2.05, 4.69) is 15.2 Å². The van der Waals surface area contributed by atoms with Gasteiger partial charge in [0.05, 0.1) is 0 Å². The number of halogens is 3. The van der Waals surface area contributed by atoms with Gasteiger partial charge in [-0.1, -0.05) is 5.16 Å². The Kier molecular flexibility index (Phi) is 5.28. The molecule has 1 aromatic rings. The van der Waals surface area contributed by atoms with Gasteiger partial charge in [0, 0.05) is 18.7 Å². The van der Waals surface area contributed by atoms with Crippen LogP contribution in [0.3, 0.4) is 0 Å². The number of ether oxygens (including phenoxy) is 1. The van der Waals surface area contributed by atoms with Gasteiger partial charge in [-0.25, -0.2) is 0 Å². The zero-order valence-electron chi connectivity index (χ0n) is 9.94. The number of anilines is 1. The molecule has 1 aromatic carbocycles. The summed E-state index contributed by atoms with van der Waals surface area (Å²) in [7, 11) is 0. The summed E-state index contributed by atoms with van der Waals surface area (Å²) in [5.41, 5.74) is 5.94. The van der Waals surface area contributed by atoms with Crippen LogP contribution in [0.15, 0.2) is 29.4 Å². The predicted molar refractivity (Wildman–Crippen MR) is 64.3 cm³/mol. The Labute approximate surface area is 107 Å². The zero-order valence-corrected chi connectivity index (χ0v) is 9.94. The first-order valence-corrected chi connectivity index (χ1v) is 5.47. The molecule has 0 spiro atoms. The fraction of sp³-hybridized carbons (Fsp3) is 0.364. The molecule has 0 radical (unpaired) electrons. The Morgan fingerprint density at radius 3 is 2.47 bits per heavy atom. The van der Waals surface area contributed by atoms with Crippen LogP contribution in [0.4, 0.5) is 18.9 Å². The van der Waals surface area contributed by atoms with E-state index in [1.807, 2.05) is 0 Å². The number of rotatable bonds is 6. The van der Waals surface area contributed by atoms with E-state index in [1.54, 1.807) is 0 Å². The molecular weight excluding hydrogens is 263 g/mol. The highest BCUT2D eigenvalue weighted by atomic mass is 19.4. The highest BCUT2D eigenvalue weighted by Gasteiger charge is 2.30. The second-order valence-corrected chi connectivity index (χ2v) is 3.69. The minimum absolute atomic E-state index is 0.135. The molecule has 1 rings (SSSR count). The number of benzene rings is 1. The van der Waals surface area contributed by atoms with Crippen molar-refractivity contribution in [2.45, 2.75) is 19.2 Å². The van der Waals surface area contributed by atoms with E-state index < -0.39 is 6.36 Å². The third-order valence-corrected chi connectivity index (χ3v) is 2.16. The lowest BCUT2D eigenvalue weighted by molar-refractivity contribution is -0.274. The lowest BCUT2D eigenvalue weighted by Gasteiger charge is -2.10. The van der Waals surface area contributed by atoms with E-state index in [0.29, 0.717) is 25.1 Å². The number of nitrogens with zero attached hydrogens (tertiary/aromatic N) is 1. The van der Waals surface area contributed by atoms with Gasteiger partial charge in [-0.3, -0.25) is 0 Å². The van der Waals surface area contributed by atoms with E-state index in [1.165, 1.54) is 24.3 Å². The first-order valence-electron chi connectivity index (χ1n) is 5.47. The van der Waals surface area contributed by atoms with Gasteiger partial charge >= 0.3 is 6.36 Å². The molecule has 0 atom stereocenters. The van der Waals surface area contributed by atoms with Crippen molar-refractivity contribution in [3.63, 3.8) is 0 Å². The summed E-state index contributed by atoms with van der Waals surface area (Å²) in [5.74, 6) is -0.134. The van der Waals surface area contributed by atoms with Gasteiger partial charge in [0.25, 0.3) is 0 Å². The molecule has 0 aliphatic rings. The molecule has 0 fully saturated rings. The third kappa shape index (κ3) is 6.39. The Balaban J connectivity index is 2.36. The zero-order chi connectivity index (χ0) is 14.3. The molecule has 106 valence electrons. The molecule has 5 nitrogen and oxygen atoms in total. The van der Waals surface area contributed by atoms with Crippen molar-refractivity contribution in [2.75, 3.05) is 11.9 Å². The Bertz CT molecular complexity index is 418. The van der Waals surface area contributed by atoms with Crippen molar-refractivity contribution >= 4 is 11.5 Å². The fourth-order valence-corrected chi connectivity index (χ4v) is 1.33. The minimum atomic E-state index is -4.68. The molecule has 0 amide bonds. The maximum absolute atomic E-state index is 11.9. The summed E-state index contributed by atoms with van der Waals surface area (Å²) in [6, 6.07) is 5.40. The van der Waals surface area contributed by atoms with Crippen LogP contribution >= 0.6 is 0 Å². The topological polar surface area (TPSA) is 79.9 Å². The summed E-state index contributed by atoms with van der Waals surface area (Å²) in [5, 5.41) is 14.1. The van der Waals surface area contributed by atoms with E-state index in [9.17, 15) is 13.2 Å². The molecule has 0 heterocycles. The van der Waals surface area contributed by atoms with Crippen LogP contribution in [0, 0.1) is 0 Å². The van der Waals surface area contributed by atoms with Crippen LogP contribution < -0.4 is 15.8 Å². The number of hydrogen-bond donors (Lipinski definition) is 3. The quantitative estimate of drug-likeness (QED) is 0.245. The minimum Gasteiger partial charge on any atom is -0.409 e. The number of nitrogens with two attached hydrogens (primary N) is 1. The second kappa shape index (κ2) is 6.72. The molecule has 0 aliphatic heterocycles. The van der Waals surface area contributed by atoms with Crippen molar-refractivity contribution in [1.82, 2.24) is 0 Å². The average molecular weight is 277 g/mol. The van der Waals surface area contributed by atoms with Crippen molar-refractivity contribution in [2.24, 2.45) is 10.9 Å². The van der Waals surface area contributed by atoms with Crippen LogP contribution in [0.2, 0.25) is 0 Å². The van der Waals surface area contributed by atoms with E-state index in [4.69, 9.17) is 10.9 Å². The van der Waals surface area contributed by atoms with Crippen LogP contribution in [-0.4, -0.2) is 23.9 Å². The molecule has 4 N–H and O–H groups in total. The van der Waals surface area contributed by atoms with Crippen LogP contribution in [0.5, 0.6) is 5.75 Å². The van der Waals surface area contributed by atoms with E-state index >= 15 is 0 Å². The molecule has 19 heavy (non-hydrogen) atoms. The largest absolute Gasteiger partial charge is 0.573 e. The van der Waals surface area contributed by atoms with Crippen LogP contribution in [0.25, 0.3) is 0 Å². The number of oxime groups is 1. The summed E-state index contributed by atoms with van der Waals surface area (Å²) >= 11 is 0. The predicted octanol–water partition coefficient (Wildman–Crippen LogP) is 2.52. The summed E-state index contributed by atoms with van der Waals surface area (Å²) in [4.78, 5) is 0. The van der Waals surface area contributed by atoms with Crippen molar-refractivity contribution in [3.8, 4) is 5.75 Å². The van der Waals surface area contributed by atoms with Gasteiger partial charge in [-0.2, -0.15) is 0 Å². The molecule has 0 bridgehead atoms. The van der Waals surface area contributed by atoms with Gasteiger partial charge < -0.3 is 21.0 Å². The Morgan fingerprint density at radius 1 is 1.32 bits per heavy atom. The Hall–Kier alpha value is -2.12. The van der Waals surface area contributed by atoms with Crippen molar-refractivity contribution < 1.29 is 23.1 Å². The molecule has 0 unspecified atom stereocenters. The monoisotopic (exact) mass is 277 g/mol. The average Bonchev–Trinajstić information content (AvgIpc) is 2.34. The maximum Gasteiger partial charge on any atom is 0.573 e. The van der Waals surface area contributed by atoms with Gasteiger partial charge in [-0.05, 0) is 30.7 Å². The molecule has 0 aliphatic carbocycles. The van der Waals surface area contributed by atoms with E-state index in [-0.39, 0.29) is 11.6 Å². The maximum atomic E-state index is 11.9. The first kappa shape index (κ1) is 14.9. The van der Waals surface area contributed by atoms with E-state index in [0.717, 1.165) is 0 Å². The second-order valence-electron chi connectivity index (χ2n) is 3.69. The standard InChI is InChI=1S/C11H14F3N3O2/c12-11(13,14)19-9-5-3-8(4-6-9)16-7-1-2-10(15)17-18/h3-6,16,18H,1-2,7H2,(H2,15,17). The number of hydrogen-bond acceptors (Lipinski definition) is 4. The van der Waals surface area contributed by atoms with Crippen molar-refractivity contribution in [1.29, 1.82) is 0 Å². The number of amidine groups is 1. The first-order chi connectivity index (χ1) is 8.90. The SMILES string of the molecule is NC(CCCNc1ccc(OC(F)(F)F)cc1)=NO. The molecule has 0 aromatic heterocycles. The summed E-state index contributed by atoms with van der Waals surface area (Å²) in [6.45, 7) is 0.551. The summed E-state index contributed by atoms with van der Waals surface area (Å²) in [6.07, 6.45) is -3.62. The number of nitrogens with one attached hydrogen (secondary N) is 1. The lowest BCUT2D eigenvalue weighted by Crippen LogP contribution is -2.17. The highest BCUT2D eigenvalue weighted by molar-refractivity contribution is 5.79. The van der Waals surface area contributed by atoms with Crippen molar-refractivity contribution in [3.05, 3.63) is 24.3 Å². The fourth-order valence-electron chi connectivity index (χ4n) is 1.33. The molecule has 8 heteroatoms. The smallest absolute Gasteiger partial charge is 0.409 e. The normalized spacial score (nSPS) is 12.3. The molecule has 0 saturated carbocycles. The van der Waals surface area contributed by atoms with Crippen LogP contribution in [-0.2, 0) is 0 Å². The number of alkyl halides is 3. The Morgan fingerprint density at radius 2 is 1.95 bits per heavy atom.